The molecule has 1 aliphatic rings. The minimum atomic E-state index is -0.860. The van der Waals surface area contributed by atoms with Gasteiger partial charge in [0.05, 0.1) is 0 Å². The van der Waals surface area contributed by atoms with Gasteiger partial charge in [0, 0.05) is 0 Å². The SMILES string of the molecule is OC1C=Cc2c(ccc3cc4c(ccc5ccccc54)cc23)C1O. The highest BCUT2D eigenvalue weighted by molar-refractivity contribution is 6.13. The molecule has 2 N–H and O–H groups in total. The van der Waals surface area contributed by atoms with E-state index in [-0.39, 0.29) is 0 Å². The number of aliphatic hydroxyl groups excluding tert-OH is 2. The summed E-state index contributed by atoms with van der Waals surface area (Å²) in [4.78, 5) is 0. The molecule has 116 valence electrons. The fraction of sp³-hybridized carbons (Fsp3) is 0.0909. The summed E-state index contributed by atoms with van der Waals surface area (Å²) in [6.07, 6.45) is 1.89. The second-order valence-electron chi connectivity index (χ2n) is 6.44. The van der Waals surface area contributed by atoms with Crippen molar-refractivity contribution in [2.24, 2.45) is 0 Å². The molecule has 24 heavy (non-hydrogen) atoms. The molecule has 2 unspecified atom stereocenters. The molecule has 0 saturated carbocycles. The Morgan fingerprint density at radius 3 is 2.29 bits per heavy atom. The molecule has 2 heteroatoms. The van der Waals surface area contributed by atoms with Crippen molar-refractivity contribution in [3.63, 3.8) is 0 Å². The number of aliphatic hydroxyl groups is 2. The molecule has 0 aliphatic heterocycles. The number of hydrogen-bond acceptors (Lipinski definition) is 2. The summed E-state index contributed by atoms with van der Waals surface area (Å²) in [5.74, 6) is 0. The fourth-order valence-corrected chi connectivity index (χ4v) is 3.80. The Hall–Kier alpha value is -2.68. The second-order valence-corrected chi connectivity index (χ2v) is 6.44. The Morgan fingerprint density at radius 1 is 0.667 bits per heavy atom. The van der Waals surface area contributed by atoms with E-state index < -0.39 is 12.2 Å². The summed E-state index contributed by atoms with van der Waals surface area (Å²) in [6, 6.07) is 21.1. The zero-order valence-corrected chi connectivity index (χ0v) is 13.0. The van der Waals surface area contributed by atoms with Crippen LogP contribution in [0.25, 0.3) is 38.4 Å². The summed E-state index contributed by atoms with van der Waals surface area (Å²) < 4.78 is 0. The molecule has 0 bridgehead atoms. The van der Waals surface area contributed by atoms with Crippen molar-refractivity contribution in [2.45, 2.75) is 12.2 Å². The van der Waals surface area contributed by atoms with Crippen LogP contribution in [0.1, 0.15) is 17.2 Å². The molecule has 0 spiro atoms. The minimum Gasteiger partial charge on any atom is -0.386 e. The second kappa shape index (κ2) is 4.91. The summed E-state index contributed by atoms with van der Waals surface area (Å²) in [5, 5.41) is 27.3. The van der Waals surface area contributed by atoms with E-state index >= 15 is 0 Å². The van der Waals surface area contributed by atoms with Crippen LogP contribution in [0.2, 0.25) is 0 Å². The largest absolute Gasteiger partial charge is 0.386 e. The molecular weight excluding hydrogens is 296 g/mol. The van der Waals surface area contributed by atoms with Crippen LogP contribution in [0.4, 0.5) is 0 Å². The Morgan fingerprint density at radius 2 is 1.38 bits per heavy atom. The van der Waals surface area contributed by atoms with Gasteiger partial charge in [-0.3, -0.25) is 0 Å². The van der Waals surface area contributed by atoms with E-state index in [1.165, 1.54) is 21.5 Å². The van der Waals surface area contributed by atoms with Crippen molar-refractivity contribution in [1.29, 1.82) is 0 Å². The Bertz CT molecular complexity index is 1140. The molecule has 0 aromatic heterocycles. The lowest BCUT2D eigenvalue weighted by molar-refractivity contribution is 0.0471. The lowest BCUT2D eigenvalue weighted by Crippen LogP contribution is -2.19. The van der Waals surface area contributed by atoms with Crippen molar-refractivity contribution in [1.82, 2.24) is 0 Å². The molecule has 0 amide bonds. The van der Waals surface area contributed by atoms with Gasteiger partial charge in [-0.2, -0.15) is 0 Å². The average Bonchev–Trinajstić information content (AvgIpc) is 2.63. The van der Waals surface area contributed by atoms with Gasteiger partial charge in [-0.05, 0) is 55.6 Å². The highest BCUT2D eigenvalue weighted by Gasteiger charge is 2.23. The van der Waals surface area contributed by atoms with Crippen LogP contribution in [-0.4, -0.2) is 16.3 Å². The van der Waals surface area contributed by atoms with E-state index in [0.717, 1.165) is 21.9 Å². The number of hydrogen-bond donors (Lipinski definition) is 2. The van der Waals surface area contributed by atoms with E-state index in [0.29, 0.717) is 0 Å². The number of benzene rings is 4. The van der Waals surface area contributed by atoms with Gasteiger partial charge >= 0.3 is 0 Å². The maximum absolute atomic E-state index is 10.2. The van der Waals surface area contributed by atoms with Crippen LogP contribution in [0.5, 0.6) is 0 Å². The Labute approximate surface area is 139 Å². The van der Waals surface area contributed by atoms with Crippen LogP contribution in [-0.2, 0) is 0 Å². The molecule has 0 radical (unpaired) electrons. The van der Waals surface area contributed by atoms with Gasteiger partial charge in [0.25, 0.3) is 0 Å². The van der Waals surface area contributed by atoms with Crippen LogP contribution < -0.4 is 0 Å². The lowest BCUT2D eigenvalue weighted by Gasteiger charge is -2.23. The van der Waals surface area contributed by atoms with Crippen molar-refractivity contribution in [3.05, 3.63) is 77.9 Å². The smallest absolute Gasteiger partial charge is 0.109 e. The highest BCUT2D eigenvalue weighted by atomic mass is 16.3. The maximum Gasteiger partial charge on any atom is 0.109 e. The van der Waals surface area contributed by atoms with Crippen LogP contribution >= 0.6 is 0 Å². The standard InChI is InChI=1S/C22H16O2/c23-21-10-9-17-18(22(21)24)8-7-15-11-19-14(12-20(15)17)6-5-13-3-1-2-4-16(13)19/h1-12,21-24H. The van der Waals surface area contributed by atoms with Gasteiger partial charge in [0.2, 0.25) is 0 Å². The normalized spacial score (nSPS) is 19.9. The van der Waals surface area contributed by atoms with Gasteiger partial charge in [0.1, 0.15) is 12.2 Å². The molecule has 4 aromatic rings. The molecular formula is C22H16O2. The predicted molar refractivity (Wildman–Crippen MR) is 99.0 cm³/mol. The fourth-order valence-electron chi connectivity index (χ4n) is 3.80. The maximum atomic E-state index is 10.2. The third-order valence-corrected chi connectivity index (χ3v) is 5.06. The van der Waals surface area contributed by atoms with Crippen molar-refractivity contribution < 1.29 is 10.2 Å². The molecule has 0 fully saturated rings. The first kappa shape index (κ1) is 13.7. The van der Waals surface area contributed by atoms with E-state index in [1.807, 2.05) is 18.2 Å². The monoisotopic (exact) mass is 312 g/mol. The van der Waals surface area contributed by atoms with Crippen LogP contribution in [0.15, 0.2) is 66.7 Å². The van der Waals surface area contributed by atoms with Gasteiger partial charge in [-0.15, -0.1) is 0 Å². The molecule has 0 heterocycles. The van der Waals surface area contributed by atoms with Crippen molar-refractivity contribution >= 4 is 38.4 Å². The number of fused-ring (bicyclic) bond motifs is 6. The minimum absolute atomic E-state index is 0.789. The van der Waals surface area contributed by atoms with Crippen molar-refractivity contribution in [2.75, 3.05) is 0 Å². The van der Waals surface area contributed by atoms with Crippen LogP contribution in [0, 0.1) is 0 Å². The summed E-state index contributed by atoms with van der Waals surface area (Å²) in [7, 11) is 0. The van der Waals surface area contributed by atoms with Gasteiger partial charge in [0.15, 0.2) is 0 Å². The predicted octanol–water partition coefficient (Wildman–Crippen LogP) is 4.57. The molecule has 2 atom stereocenters. The first-order valence-electron chi connectivity index (χ1n) is 8.15. The topological polar surface area (TPSA) is 40.5 Å². The third-order valence-electron chi connectivity index (χ3n) is 5.06. The van der Waals surface area contributed by atoms with Crippen LogP contribution in [0.3, 0.4) is 0 Å². The lowest BCUT2D eigenvalue weighted by atomic mass is 9.87. The van der Waals surface area contributed by atoms with E-state index in [1.54, 1.807) is 6.08 Å². The van der Waals surface area contributed by atoms with Gasteiger partial charge in [-0.25, -0.2) is 0 Å². The van der Waals surface area contributed by atoms with Crippen molar-refractivity contribution in [3.8, 4) is 0 Å². The van der Waals surface area contributed by atoms with Gasteiger partial charge < -0.3 is 10.2 Å². The molecule has 1 aliphatic carbocycles. The highest BCUT2D eigenvalue weighted by Crippen LogP contribution is 2.36. The average molecular weight is 312 g/mol. The summed E-state index contributed by atoms with van der Waals surface area (Å²) >= 11 is 0. The quantitative estimate of drug-likeness (QED) is 0.369. The molecule has 2 nitrogen and oxygen atoms in total. The first-order chi connectivity index (χ1) is 11.7. The molecule has 0 saturated heterocycles. The first-order valence-corrected chi connectivity index (χ1v) is 8.15. The Balaban J connectivity index is 1.89. The Kier molecular flexibility index (Phi) is 2.81. The number of rotatable bonds is 0. The summed E-state index contributed by atoms with van der Waals surface area (Å²) in [6.45, 7) is 0. The summed E-state index contributed by atoms with van der Waals surface area (Å²) in [5.41, 5.74) is 1.79. The zero-order valence-electron chi connectivity index (χ0n) is 13.0. The molecule has 5 rings (SSSR count). The molecule has 4 aromatic carbocycles. The van der Waals surface area contributed by atoms with E-state index in [9.17, 15) is 10.2 Å². The van der Waals surface area contributed by atoms with E-state index in [4.69, 9.17) is 0 Å². The third kappa shape index (κ3) is 1.84. The van der Waals surface area contributed by atoms with E-state index in [2.05, 4.69) is 48.5 Å². The van der Waals surface area contributed by atoms with Gasteiger partial charge in [-0.1, -0.05) is 60.7 Å². The zero-order chi connectivity index (χ0) is 16.3.